The second-order valence-electron chi connectivity index (χ2n) is 6.72. The van der Waals surface area contributed by atoms with E-state index in [0.717, 1.165) is 10.5 Å². The largest absolute Gasteiger partial charge is 0.449 e. The van der Waals surface area contributed by atoms with Gasteiger partial charge in [-0.25, -0.2) is 4.79 Å². The average Bonchev–Trinajstić information content (AvgIpc) is 3.07. The number of hydrogen-bond acceptors (Lipinski definition) is 5. The molecular formula is C18H18N2O5. The molecule has 0 bridgehead atoms. The third kappa shape index (κ3) is 2.50. The van der Waals surface area contributed by atoms with Crippen LogP contribution in [0.25, 0.3) is 0 Å². The van der Waals surface area contributed by atoms with E-state index in [2.05, 4.69) is 0 Å². The quantitative estimate of drug-likeness (QED) is 0.587. The highest BCUT2D eigenvalue weighted by Crippen LogP contribution is 2.42. The van der Waals surface area contributed by atoms with Gasteiger partial charge in [-0.1, -0.05) is 18.2 Å². The van der Waals surface area contributed by atoms with E-state index in [4.69, 9.17) is 4.74 Å². The number of nitrogens with zero attached hydrogens (tertiary/aromatic N) is 2. The Morgan fingerprint density at radius 2 is 1.84 bits per heavy atom. The number of carbonyl (C=O) groups is 4. The molecule has 1 atom stereocenters. The van der Waals surface area contributed by atoms with Crippen LogP contribution in [0.4, 0.5) is 0 Å². The molecule has 3 aliphatic heterocycles. The van der Waals surface area contributed by atoms with Crippen molar-refractivity contribution in [1.82, 2.24) is 9.80 Å². The van der Waals surface area contributed by atoms with Crippen LogP contribution in [0.2, 0.25) is 0 Å². The number of piperidine rings is 1. The fraction of sp³-hybridized carbons (Fsp3) is 0.444. The number of likely N-dealkylation sites (tertiary alicyclic amines) is 2. The summed E-state index contributed by atoms with van der Waals surface area (Å²) in [4.78, 5) is 50.8. The SMILES string of the molecule is O=C1O[C@@]2(CCCN(C(=O)CN3C(=O)CCC3=O)C2)c2ccccc21. The zero-order valence-corrected chi connectivity index (χ0v) is 13.7. The summed E-state index contributed by atoms with van der Waals surface area (Å²) in [6.07, 6.45) is 1.68. The predicted molar refractivity (Wildman–Crippen MR) is 85.3 cm³/mol. The highest BCUT2D eigenvalue weighted by molar-refractivity contribution is 6.04. The van der Waals surface area contributed by atoms with Gasteiger partial charge in [0.1, 0.15) is 6.54 Å². The van der Waals surface area contributed by atoms with E-state index in [1.54, 1.807) is 17.0 Å². The molecule has 1 aromatic rings. The molecule has 0 aliphatic carbocycles. The van der Waals surface area contributed by atoms with Crippen molar-refractivity contribution >= 4 is 23.7 Å². The van der Waals surface area contributed by atoms with E-state index in [-0.39, 0.29) is 49.6 Å². The maximum Gasteiger partial charge on any atom is 0.339 e. The highest BCUT2D eigenvalue weighted by atomic mass is 16.6. The number of rotatable bonds is 2. The summed E-state index contributed by atoms with van der Waals surface area (Å²) in [5, 5.41) is 0. The number of carbonyl (C=O) groups excluding carboxylic acids is 4. The highest BCUT2D eigenvalue weighted by Gasteiger charge is 2.49. The molecule has 0 radical (unpaired) electrons. The molecule has 25 heavy (non-hydrogen) atoms. The molecule has 3 amide bonds. The van der Waals surface area contributed by atoms with Crippen LogP contribution in [0.3, 0.4) is 0 Å². The zero-order valence-electron chi connectivity index (χ0n) is 13.7. The number of ether oxygens (including phenoxy) is 1. The minimum absolute atomic E-state index is 0.168. The summed E-state index contributed by atoms with van der Waals surface area (Å²) in [7, 11) is 0. The smallest absolute Gasteiger partial charge is 0.339 e. The molecule has 130 valence electrons. The molecule has 1 spiro atoms. The number of hydrogen-bond donors (Lipinski definition) is 0. The molecular weight excluding hydrogens is 324 g/mol. The molecule has 0 unspecified atom stereocenters. The van der Waals surface area contributed by atoms with Crippen molar-refractivity contribution in [1.29, 1.82) is 0 Å². The summed E-state index contributed by atoms with van der Waals surface area (Å²) < 4.78 is 5.67. The summed E-state index contributed by atoms with van der Waals surface area (Å²) in [6, 6.07) is 7.23. The first-order valence-corrected chi connectivity index (χ1v) is 8.44. The second kappa shape index (κ2) is 5.68. The molecule has 7 heteroatoms. The number of esters is 1. The van der Waals surface area contributed by atoms with Crippen molar-refractivity contribution < 1.29 is 23.9 Å². The van der Waals surface area contributed by atoms with Crippen LogP contribution in [0.5, 0.6) is 0 Å². The van der Waals surface area contributed by atoms with Crippen LogP contribution >= 0.6 is 0 Å². The summed E-state index contributed by atoms with van der Waals surface area (Å²) in [6.45, 7) is 0.546. The van der Waals surface area contributed by atoms with Crippen LogP contribution in [0.1, 0.15) is 41.6 Å². The Bertz CT molecular complexity index is 773. The van der Waals surface area contributed by atoms with Gasteiger partial charge in [-0.3, -0.25) is 19.3 Å². The summed E-state index contributed by atoms with van der Waals surface area (Å²) in [5.74, 6) is -1.26. The van der Waals surface area contributed by atoms with Crippen molar-refractivity contribution in [2.24, 2.45) is 0 Å². The lowest BCUT2D eigenvalue weighted by Crippen LogP contribution is -2.51. The van der Waals surface area contributed by atoms with Gasteiger partial charge >= 0.3 is 5.97 Å². The summed E-state index contributed by atoms with van der Waals surface area (Å²) >= 11 is 0. The molecule has 4 rings (SSSR count). The first-order valence-electron chi connectivity index (χ1n) is 8.44. The van der Waals surface area contributed by atoms with Gasteiger partial charge in [0, 0.05) is 24.9 Å². The number of fused-ring (bicyclic) bond motifs is 2. The lowest BCUT2D eigenvalue weighted by Gasteiger charge is -2.40. The lowest BCUT2D eigenvalue weighted by molar-refractivity contribution is -0.148. The molecule has 3 heterocycles. The van der Waals surface area contributed by atoms with Crippen molar-refractivity contribution in [3.8, 4) is 0 Å². The number of benzene rings is 1. The van der Waals surface area contributed by atoms with E-state index >= 15 is 0 Å². The van der Waals surface area contributed by atoms with E-state index in [1.807, 2.05) is 12.1 Å². The molecule has 0 N–H and O–H groups in total. The Morgan fingerprint density at radius 1 is 1.12 bits per heavy atom. The van der Waals surface area contributed by atoms with Crippen LogP contribution in [-0.2, 0) is 24.7 Å². The van der Waals surface area contributed by atoms with Gasteiger partial charge in [-0.15, -0.1) is 0 Å². The van der Waals surface area contributed by atoms with Crippen LogP contribution in [0.15, 0.2) is 24.3 Å². The van der Waals surface area contributed by atoms with Gasteiger partial charge in [0.05, 0.1) is 12.1 Å². The van der Waals surface area contributed by atoms with Crippen molar-refractivity contribution in [2.75, 3.05) is 19.6 Å². The van der Waals surface area contributed by atoms with Crippen molar-refractivity contribution in [2.45, 2.75) is 31.3 Å². The minimum Gasteiger partial charge on any atom is -0.449 e. The molecule has 0 saturated carbocycles. The first kappa shape index (κ1) is 15.8. The Kier molecular flexibility index (Phi) is 3.59. The van der Waals surface area contributed by atoms with E-state index < -0.39 is 5.60 Å². The fourth-order valence-electron chi connectivity index (χ4n) is 3.92. The van der Waals surface area contributed by atoms with Gasteiger partial charge in [-0.2, -0.15) is 0 Å². The Morgan fingerprint density at radius 3 is 2.60 bits per heavy atom. The standard InChI is InChI=1S/C18H18N2O5/c21-14-6-7-15(22)20(14)10-16(23)19-9-3-8-18(11-19)13-5-2-1-4-12(13)17(24)25-18/h1-2,4-5H,3,6-11H2/t18-/m1/s1. The van der Waals surface area contributed by atoms with Gasteiger partial charge in [0.2, 0.25) is 17.7 Å². The first-order chi connectivity index (χ1) is 12.0. The molecule has 1 aromatic carbocycles. The molecule has 2 fully saturated rings. The zero-order chi connectivity index (χ0) is 17.6. The molecule has 0 aromatic heterocycles. The van der Waals surface area contributed by atoms with Crippen LogP contribution in [0, 0.1) is 0 Å². The minimum atomic E-state index is -0.819. The Hall–Kier alpha value is -2.70. The summed E-state index contributed by atoms with van der Waals surface area (Å²) in [5.41, 5.74) is 0.535. The second-order valence-corrected chi connectivity index (χ2v) is 6.72. The fourth-order valence-corrected chi connectivity index (χ4v) is 3.92. The van der Waals surface area contributed by atoms with Crippen LogP contribution in [-0.4, -0.2) is 53.1 Å². The van der Waals surface area contributed by atoms with E-state index in [9.17, 15) is 19.2 Å². The topological polar surface area (TPSA) is 84.0 Å². The molecule has 2 saturated heterocycles. The van der Waals surface area contributed by atoms with Crippen molar-refractivity contribution in [3.05, 3.63) is 35.4 Å². The van der Waals surface area contributed by atoms with Crippen LogP contribution < -0.4 is 0 Å². The number of imide groups is 1. The third-order valence-corrected chi connectivity index (χ3v) is 5.18. The van der Waals surface area contributed by atoms with Crippen molar-refractivity contribution in [3.63, 3.8) is 0 Å². The maximum atomic E-state index is 12.6. The third-order valence-electron chi connectivity index (χ3n) is 5.18. The normalized spacial score (nSPS) is 25.5. The maximum absolute atomic E-state index is 12.6. The van der Waals surface area contributed by atoms with Gasteiger partial charge in [-0.05, 0) is 18.9 Å². The van der Waals surface area contributed by atoms with Gasteiger partial charge in [0.15, 0.2) is 5.60 Å². The Balaban J connectivity index is 1.54. The van der Waals surface area contributed by atoms with E-state index in [0.29, 0.717) is 24.9 Å². The Labute approximate surface area is 144 Å². The molecule has 7 nitrogen and oxygen atoms in total. The molecule has 3 aliphatic rings. The monoisotopic (exact) mass is 342 g/mol. The average molecular weight is 342 g/mol. The predicted octanol–water partition coefficient (Wildman–Crippen LogP) is 0.824. The number of amides is 3. The van der Waals surface area contributed by atoms with E-state index in [1.165, 1.54) is 0 Å². The lowest BCUT2D eigenvalue weighted by atomic mass is 9.85. The van der Waals surface area contributed by atoms with Gasteiger partial charge in [0.25, 0.3) is 0 Å². The van der Waals surface area contributed by atoms with Gasteiger partial charge < -0.3 is 9.64 Å².